The molecule has 96 valence electrons. The predicted octanol–water partition coefficient (Wildman–Crippen LogP) is 4.55. The fraction of sp³-hybridized carbons (Fsp3) is 0.231. The van der Waals surface area contributed by atoms with Gasteiger partial charge >= 0.3 is 0 Å². The SMILES string of the molecule is CC(c1ccc(F)cc1)S(=O)Cc1ccc(Cl)s1. The van der Waals surface area contributed by atoms with Crippen molar-refractivity contribution in [1.82, 2.24) is 0 Å². The topological polar surface area (TPSA) is 17.1 Å². The molecule has 0 N–H and O–H groups in total. The van der Waals surface area contributed by atoms with Crippen molar-refractivity contribution in [2.45, 2.75) is 17.9 Å². The molecule has 0 spiro atoms. The Labute approximate surface area is 117 Å². The molecule has 2 aromatic rings. The largest absolute Gasteiger partial charge is 0.259 e. The highest BCUT2D eigenvalue weighted by molar-refractivity contribution is 7.84. The second-order valence-corrected chi connectivity index (χ2v) is 7.48. The molecule has 0 saturated heterocycles. The smallest absolute Gasteiger partial charge is 0.123 e. The summed E-state index contributed by atoms with van der Waals surface area (Å²) < 4.78 is 25.7. The zero-order chi connectivity index (χ0) is 13.1. The van der Waals surface area contributed by atoms with E-state index < -0.39 is 10.8 Å². The maximum Gasteiger partial charge on any atom is 0.123 e. The van der Waals surface area contributed by atoms with Crippen molar-refractivity contribution in [3.05, 3.63) is 57.0 Å². The first kappa shape index (κ1) is 13.7. The lowest BCUT2D eigenvalue weighted by Gasteiger charge is -2.11. The van der Waals surface area contributed by atoms with E-state index in [-0.39, 0.29) is 11.1 Å². The van der Waals surface area contributed by atoms with Crippen LogP contribution in [0.3, 0.4) is 0 Å². The summed E-state index contributed by atoms with van der Waals surface area (Å²) in [7, 11) is -1.03. The van der Waals surface area contributed by atoms with Gasteiger partial charge in [0.25, 0.3) is 0 Å². The lowest BCUT2D eigenvalue weighted by atomic mass is 10.2. The summed E-state index contributed by atoms with van der Waals surface area (Å²) in [6.45, 7) is 1.89. The van der Waals surface area contributed by atoms with E-state index in [2.05, 4.69) is 0 Å². The first-order chi connectivity index (χ1) is 8.56. The van der Waals surface area contributed by atoms with Gasteiger partial charge in [0.1, 0.15) is 5.82 Å². The molecule has 0 bridgehead atoms. The van der Waals surface area contributed by atoms with Crippen molar-refractivity contribution >= 4 is 33.7 Å². The molecule has 1 aromatic heterocycles. The highest BCUT2D eigenvalue weighted by Crippen LogP contribution is 2.27. The van der Waals surface area contributed by atoms with Crippen LogP contribution in [0.15, 0.2) is 36.4 Å². The lowest BCUT2D eigenvalue weighted by molar-refractivity contribution is 0.626. The fourth-order valence-corrected chi connectivity index (χ4v) is 4.13. The zero-order valence-electron chi connectivity index (χ0n) is 9.73. The minimum atomic E-state index is -1.03. The number of rotatable bonds is 4. The third-order valence-corrected chi connectivity index (χ3v) is 5.72. The van der Waals surface area contributed by atoms with Gasteiger partial charge in [0.05, 0.1) is 15.3 Å². The fourth-order valence-electron chi connectivity index (χ4n) is 1.58. The van der Waals surface area contributed by atoms with Gasteiger partial charge in [-0.3, -0.25) is 4.21 Å². The minimum Gasteiger partial charge on any atom is -0.259 e. The third kappa shape index (κ3) is 3.40. The standard InChI is InChI=1S/C13H12ClFOS2/c1-9(10-2-4-11(15)5-3-10)18(16)8-12-6-7-13(14)17-12/h2-7,9H,8H2,1H3. The van der Waals surface area contributed by atoms with Crippen molar-refractivity contribution in [3.8, 4) is 0 Å². The Morgan fingerprint density at radius 1 is 1.28 bits per heavy atom. The van der Waals surface area contributed by atoms with Crippen LogP contribution in [0.2, 0.25) is 4.34 Å². The Kier molecular flexibility index (Phi) is 4.54. The molecule has 2 unspecified atom stereocenters. The number of hydrogen-bond acceptors (Lipinski definition) is 2. The normalized spacial score (nSPS) is 14.4. The van der Waals surface area contributed by atoms with Crippen molar-refractivity contribution < 1.29 is 8.60 Å². The van der Waals surface area contributed by atoms with Crippen LogP contribution < -0.4 is 0 Å². The van der Waals surface area contributed by atoms with Gasteiger partial charge in [-0.1, -0.05) is 23.7 Å². The summed E-state index contributed by atoms with van der Waals surface area (Å²) >= 11 is 7.28. The molecule has 1 heterocycles. The first-order valence-electron chi connectivity index (χ1n) is 5.43. The number of benzene rings is 1. The Bertz CT molecular complexity index is 550. The highest BCUT2D eigenvalue weighted by atomic mass is 35.5. The Morgan fingerprint density at radius 2 is 1.94 bits per heavy atom. The van der Waals surface area contributed by atoms with Crippen LogP contribution in [0.5, 0.6) is 0 Å². The third-order valence-electron chi connectivity index (χ3n) is 2.65. The van der Waals surface area contributed by atoms with Gasteiger partial charge in [0, 0.05) is 15.7 Å². The summed E-state index contributed by atoms with van der Waals surface area (Å²) in [6, 6.07) is 9.85. The summed E-state index contributed by atoms with van der Waals surface area (Å²) in [5, 5.41) is -0.119. The van der Waals surface area contributed by atoms with Gasteiger partial charge in [0.2, 0.25) is 0 Å². The van der Waals surface area contributed by atoms with E-state index in [9.17, 15) is 8.60 Å². The molecular weight excluding hydrogens is 291 g/mol. The Morgan fingerprint density at radius 3 is 2.50 bits per heavy atom. The van der Waals surface area contributed by atoms with Crippen LogP contribution >= 0.6 is 22.9 Å². The molecule has 1 aromatic carbocycles. The van der Waals surface area contributed by atoms with E-state index in [4.69, 9.17) is 11.6 Å². The maximum absolute atomic E-state index is 12.8. The Balaban J connectivity index is 2.07. The van der Waals surface area contributed by atoms with Crippen LogP contribution in [-0.4, -0.2) is 4.21 Å². The first-order valence-corrected chi connectivity index (χ1v) is 8.01. The molecule has 0 aliphatic heterocycles. The molecule has 0 radical (unpaired) electrons. The van der Waals surface area contributed by atoms with Crippen molar-refractivity contribution in [1.29, 1.82) is 0 Å². The van der Waals surface area contributed by atoms with Gasteiger partial charge in [0.15, 0.2) is 0 Å². The zero-order valence-corrected chi connectivity index (χ0v) is 12.1. The molecule has 0 amide bonds. The quantitative estimate of drug-likeness (QED) is 0.809. The molecule has 2 rings (SSSR count). The van der Waals surface area contributed by atoms with Gasteiger partial charge < -0.3 is 0 Å². The van der Waals surface area contributed by atoms with E-state index in [1.165, 1.54) is 23.5 Å². The van der Waals surface area contributed by atoms with E-state index in [1.807, 2.05) is 13.0 Å². The lowest BCUT2D eigenvalue weighted by Crippen LogP contribution is -2.04. The molecule has 0 aliphatic carbocycles. The average Bonchev–Trinajstić information content (AvgIpc) is 2.75. The van der Waals surface area contributed by atoms with Gasteiger partial charge in [-0.25, -0.2) is 4.39 Å². The molecule has 0 aliphatic rings. The van der Waals surface area contributed by atoms with E-state index in [1.54, 1.807) is 18.2 Å². The van der Waals surface area contributed by atoms with Crippen molar-refractivity contribution in [2.24, 2.45) is 0 Å². The van der Waals surface area contributed by atoms with Crippen LogP contribution in [0.1, 0.15) is 22.6 Å². The molecular formula is C13H12ClFOS2. The van der Waals surface area contributed by atoms with Gasteiger partial charge in [-0.15, -0.1) is 11.3 Å². The minimum absolute atomic E-state index is 0.119. The van der Waals surface area contributed by atoms with Gasteiger partial charge in [-0.05, 0) is 36.8 Å². The molecule has 18 heavy (non-hydrogen) atoms. The monoisotopic (exact) mass is 302 g/mol. The summed E-state index contributed by atoms with van der Waals surface area (Å²) in [5.74, 6) is 0.206. The molecule has 2 atom stereocenters. The van der Waals surface area contributed by atoms with Crippen molar-refractivity contribution in [3.63, 3.8) is 0 Å². The van der Waals surface area contributed by atoms with Crippen LogP contribution in [0.4, 0.5) is 4.39 Å². The number of hydrogen-bond donors (Lipinski definition) is 0. The predicted molar refractivity (Wildman–Crippen MR) is 76.0 cm³/mol. The highest BCUT2D eigenvalue weighted by Gasteiger charge is 2.15. The van der Waals surface area contributed by atoms with Crippen molar-refractivity contribution in [2.75, 3.05) is 0 Å². The maximum atomic E-state index is 12.8. The van der Waals surface area contributed by atoms with Gasteiger partial charge in [-0.2, -0.15) is 0 Å². The second kappa shape index (κ2) is 5.95. The second-order valence-electron chi connectivity index (χ2n) is 3.92. The van der Waals surface area contributed by atoms with E-state index >= 15 is 0 Å². The number of halogens is 2. The molecule has 0 fully saturated rings. The van der Waals surface area contributed by atoms with Crippen LogP contribution in [-0.2, 0) is 16.6 Å². The molecule has 1 nitrogen and oxygen atoms in total. The number of thiophene rings is 1. The summed E-state index contributed by atoms with van der Waals surface area (Å²) in [4.78, 5) is 1.01. The van der Waals surface area contributed by atoms with E-state index in [0.29, 0.717) is 10.1 Å². The summed E-state index contributed by atoms with van der Waals surface area (Å²) in [5.41, 5.74) is 0.886. The molecule has 0 saturated carbocycles. The average molecular weight is 303 g/mol. The molecule has 5 heteroatoms. The van der Waals surface area contributed by atoms with E-state index in [0.717, 1.165) is 10.4 Å². The van der Waals surface area contributed by atoms with Crippen LogP contribution in [0.25, 0.3) is 0 Å². The van der Waals surface area contributed by atoms with Crippen LogP contribution in [0, 0.1) is 5.82 Å². The summed E-state index contributed by atoms with van der Waals surface area (Å²) in [6.07, 6.45) is 0. The Hall–Kier alpha value is -0.710.